The number of hydrogen-bond donors (Lipinski definition) is 2. The summed E-state index contributed by atoms with van der Waals surface area (Å²) in [6.07, 6.45) is 5.76. The molecule has 0 saturated heterocycles. The maximum absolute atomic E-state index is 11.0. The average Bonchev–Trinajstić information content (AvgIpc) is 2.71. The lowest BCUT2D eigenvalue weighted by atomic mass is 9.93. The van der Waals surface area contributed by atoms with E-state index in [4.69, 9.17) is 5.11 Å². The molecule has 5 nitrogen and oxygen atoms in total. The zero-order chi connectivity index (χ0) is 13.2. The van der Waals surface area contributed by atoms with Crippen LogP contribution in [0.2, 0.25) is 0 Å². The van der Waals surface area contributed by atoms with Gasteiger partial charge in [0.05, 0.1) is 17.8 Å². The molecule has 98 valence electrons. The monoisotopic (exact) mass is 249 g/mol. The van der Waals surface area contributed by atoms with E-state index in [0.717, 1.165) is 42.9 Å². The smallest absolute Gasteiger partial charge is 0.305 e. The van der Waals surface area contributed by atoms with Gasteiger partial charge in [-0.05, 0) is 26.7 Å². The van der Waals surface area contributed by atoms with Gasteiger partial charge in [-0.1, -0.05) is 12.8 Å². The van der Waals surface area contributed by atoms with E-state index in [1.54, 1.807) is 6.20 Å². The minimum Gasteiger partial charge on any atom is -0.481 e. The summed E-state index contributed by atoms with van der Waals surface area (Å²) in [6.45, 7) is 3.77. The SMILES string of the molecule is Cc1cnc(C)c(NC2(CC(=O)O)CCCC2)n1. The first-order chi connectivity index (χ1) is 8.51. The highest BCUT2D eigenvalue weighted by molar-refractivity contribution is 5.69. The van der Waals surface area contributed by atoms with Crippen molar-refractivity contribution in [2.24, 2.45) is 0 Å². The Bertz CT molecular complexity index is 454. The summed E-state index contributed by atoms with van der Waals surface area (Å²) in [6, 6.07) is 0. The van der Waals surface area contributed by atoms with E-state index in [9.17, 15) is 4.79 Å². The third-order valence-electron chi connectivity index (χ3n) is 3.51. The fourth-order valence-corrected chi connectivity index (χ4v) is 2.59. The van der Waals surface area contributed by atoms with E-state index in [1.807, 2.05) is 13.8 Å². The second-order valence-electron chi connectivity index (χ2n) is 5.13. The number of rotatable bonds is 4. The van der Waals surface area contributed by atoms with Crippen molar-refractivity contribution in [3.8, 4) is 0 Å². The molecule has 1 saturated carbocycles. The fourth-order valence-electron chi connectivity index (χ4n) is 2.59. The zero-order valence-corrected chi connectivity index (χ0v) is 10.9. The highest BCUT2D eigenvalue weighted by atomic mass is 16.4. The van der Waals surface area contributed by atoms with Gasteiger partial charge in [0, 0.05) is 11.7 Å². The Hall–Kier alpha value is -1.65. The molecular formula is C13H19N3O2. The van der Waals surface area contributed by atoms with Crippen molar-refractivity contribution in [2.45, 2.75) is 51.5 Å². The molecule has 0 amide bonds. The van der Waals surface area contributed by atoms with Gasteiger partial charge < -0.3 is 10.4 Å². The van der Waals surface area contributed by atoms with Crippen LogP contribution in [0.1, 0.15) is 43.5 Å². The quantitative estimate of drug-likeness (QED) is 0.856. The van der Waals surface area contributed by atoms with Gasteiger partial charge in [-0.3, -0.25) is 9.78 Å². The third-order valence-corrected chi connectivity index (χ3v) is 3.51. The van der Waals surface area contributed by atoms with Crippen LogP contribution in [0.5, 0.6) is 0 Å². The predicted molar refractivity (Wildman–Crippen MR) is 68.6 cm³/mol. The average molecular weight is 249 g/mol. The second kappa shape index (κ2) is 4.92. The van der Waals surface area contributed by atoms with Gasteiger partial charge in [-0.15, -0.1) is 0 Å². The van der Waals surface area contributed by atoms with Crippen LogP contribution in [0.15, 0.2) is 6.20 Å². The predicted octanol–water partition coefficient (Wildman–Crippen LogP) is 2.29. The molecule has 1 heterocycles. The van der Waals surface area contributed by atoms with Gasteiger partial charge in [-0.25, -0.2) is 4.98 Å². The molecule has 0 bridgehead atoms. The number of aromatic nitrogens is 2. The number of carboxylic acids is 1. The molecule has 1 aromatic heterocycles. The van der Waals surface area contributed by atoms with Crippen molar-refractivity contribution in [1.82, 2.24) is 9.97 Å². The van der Waals surface area contributed by atoms with E-state index in [1.165, 1.54) is 0 Å². The van der Waals surface area contributed by atoms with Crippen LogP contribution in [0.3, 0.4) is 0 Å². The Morgan fingerprint density at radius 3 is 2.72 bits per heavy atom. The van der Waals surface area contributed by atoms with Gasteiger partial charge in [0.25, 0.3) is 0 Å². The Morgan fingerprint density at radius 2 is 2.11 bits per heavy atom. The molecule has 18 heavy (non-hydrogen) atoms. The summed E-state index contributed by atoms with van der Waals surface area (Å²) in [5.74, 6) is -0.0409. The molecule has 0 spiro atoms. The van der Waals surface area contributed by atoms with Crippen molar-refractivity contribution in [3.05, 3.63) is 17.6 Å². The number of aryl methyl sites for hydroxylation is 2. The largest absolute Gasteiger partial charge is 0.481 e. The highest BCUT2D eigenvalue weighted by Gasteiger charge is 2.36. The Balaban J connectivity index is 2.23. The molecule has 0 atom stereocenters. The number of carboxylic acid groups (broad SMARTS) is 1. The van der Waals surface area contributed by atoms with E-state index in [-0.39, 0.29) is 12.0 Å². The first kappa shape index (κ1) is 12.8. The number of hydrogen-bond acceptors (Lipinski definition) is 4. The van der Waals surface area contributed by atoms with Crippen LogP contribution >= 0.6 is 0 Å². The molecule has 0 radical (unpaired) electrons. The lowest BCUT2D eigenvalue weighted by molar-refractivity contribution is -0.138. The van der Waals surface area contributed by atoms with Crippen LogP contribution < -0.4 is 5.32 Å². The minimum atomic E-state index is -0.761. The molecule has 2 N–H and O–H groups in total. The van der Waals surface area contributed by atoms with Crippen LogP contribution in [0.25, 0.3) is 0 Å². The van der Waals surface area contributed by atoms with Crippen molar-refractivity contribution >= 4 is 11.8 Å². The van der Waals surface area contributed by atoms with Crippen LogP contribution in [-0.2, 0) is 4.79 Å². The first-order valence-corrected chi connectivity index (χ1v) is 6.31. The van der Waals surface area contributed by atoms with Gasteiger partial charge in [0.2, 0.25) is 0 Å². The second-order valence-corrected chi connectivity index (χ2v) is 5.13. The third kappa shape index (κ3) is 2.78. The highest BCUT2D eigenvalue weighted by Crippen LogP contribution is 2.35. The molecule has 1 aromatic rings. The summed E-state index contributed by atoms with van der Waals surface area (Å²) < 4.78 is 0. The summed E-state index contributed by atoms with van der Waals surface area (Å²) in [4.78, 5) is 19.7. The number of aliphatic carboxylic acids is 1. The zero-order valence-electron chi connectivity index (χ0n) is 10.9. The molecule has 1 aliphatic rings. The Kier molecular flexibility index (Phi) is 3.50. The lowest BCUT2D eigenvalue weighted by Crippen LogP contribution is -2.38. The lowest BCUT2D eigenvalue weighted by Gasteiger charge is -2.29. The van der Waals surface area contributed by atoms with Gasteiger partial charge in [0.15, 0.2) is 0 Å². The number of carbonyl (C=O) groups is 1. The van der Waals surface area contributed by atoms with Gasteiger partial charge in [-0.2, -0.15) is 0 Å². The molecule has 1 fully saturated rings. The minimum absolute atomic E-state index is 0.141. The molecular weight excluding hydrogens is 230 g/mol. The number of nitrogens with zero attached hydrogens (tertiary/aromatic N) is 2. The number of anilines is 1. The summed E-state index contributed by atoms with van der Waals surface area (Å²) in [7, 11) is 0. The Morgan fingerprint density at radius 1 is 1.44 bits per heavy atom. The van der Waals surface area contributed by atoms with Gasteiger partial charge in [0.1, 0.15) is 5.82 Å². The Labute approximate surface area is 107 Å². The molecule has 0 unspecified atom stereocenters. The van der Waals surface area contributed by atoms with Crippen molar-refractivity contribution in [1.29, 1.82) is 0 Å². The molecule has 5 heteroatoms. The summed E-state index contributed by atoms with van der Waals surface area (Å²) >= 11 is 0. The maximum atomic E-state index is 11.0. The summed E-state index contributed by atoms with van der Waals surface area (Å²) in [5, 5.41) is 12.4. The van der Waals surface area contributed by atoms with Gasteiger partial charge >= 0.3 is 5.97 Å². The van der Waals surface area contributed by atoms with Crippen molar-refractivity contribution in [2.75, 3.05) is 5.32 Å². The van der Waals surface area contributed by atoms with E-state index in [2.05, 4.69) is 15.3 Å². The van der Waals surface area contributed by atoms with E-state index in [0.29, 0.717) is 0 Å². The first-order valence-electron chi connectivity index (χ1n) is 6.31. The molecule has 0 aromatic carbocycles. The normalized spacial score (nSPS) is 17.7. The van der Waals surface area contributed by atoms with Crippen LogP contribution in [-0.4, -0.2) is 26.6 Å². The molecule has 2 rings (SSSR count). The van der Waals surface area contributed by atoms with Crippen LogP contribution in [0.4, 0.5) is 5.82 Å². The molecule has 0 aliphatic heterocycles. The van der Waals surface area contributed by atoms with E-state index >= 15 is 0 Å². The van der Waals surface area contributed by atoms with Crippen molar-refractivity contribution < 1.29 is 9.90 Å². The van der Waals surface area contributed by atoms with E-state index < -0.39 is 5.97 Å². The number of nitrogens with one attached hydrogen (secondary N) is 1. The van der Waals surface area contributed by atoms with Crippen LogP contribution in [0, 0.1) is 13.8 Å². The maximum Gasteiger partial charge on any atom is 0.305 e. The topological polar surface area (TPSA) is 75.1 Å². The fraction of sp³-hybridized carbons (Fsp3) is 0.615. The van der Waals surface area contributed by atoms with Crippen molar-refractivity contribution in [3.63, 3.8) is 0 Å². The molecule has 1 aliphatic carbocycles. The standard InChI is InChI=1S/C13H19N3O2/c1-9-8-14-10(2)12(15-9)16-13(7-11(17)18)5-3-4-6-13/h8H,3-7H2,1-2H3,(H,15,16)(H,17,18). The summed E-state index contributed by atoms with van der Waals surface area (Å²) in [5.41, 5.74) is 1.31.